The molecule has 3 N–H and O–H groups in total. The Balaban J connectivity index is 2.31. The Kier molecular flexibility index (Phi) is 4.65. The Morgan fingerprint density at radius 3 is 2.52 bits per heavy atom. The molecule has 21 heavy (non-hydrogen) atoms. The summed E-state index contributed by atoms with van der Waals surface area (Å²) in [5.74, 6) is -0.873. The molecule has 0 amide bonds. The number of sulfonamides is 1. The number of hydrogen-bond acceptors (Lipinski definition) is 3. The highest BCUT2D eigenvalue weighted by molar-refractivity contribution is 9.10. The van der Waals surface area contributed by atoms with Crippen molar-refractivity contribution in [2.45, 2.75) is 17.9 Å². The highest BCUT2D eigenvalue weighted by atomic mass is 79.9. The predicted octanol–water partition coefficient (Wildman–Crippen LogP) is 3.21. The van der Waals surface area contributed by atoms with Crippen LogP contribution in [0.25, 0.3) is 0 Å². The Morgan fingerprint density at radius 1 is 1.24 bits per heavy atom. The second-order valence-corrected chi connectivity index (χ2v) is 7.09. The second kappa shape index (κ2) is 6.13. The third-order valence-corrected chi connectivity index (χ3v) is 5.25. The summed E-state index contributed by atoms with van der Waals surface area (Å²) in [5.41, 5.74) is 6.35. The standard InChI is InChI=1S/C14H14BrFN2O2S/c1-9(11-4-2-3-5-12(11)15)18-21(19,20)14-7-6-10(17)8-13(14)16/h2-9,18H,17H2,1H3. The summed E-state index contributed by atoms with van der Waals surface area (Å²) in [4.78, 5) is -0.421. The molecular formula is C14H14BrFN2O2S. The van der Waals surface area contributed by atoms with Gasteiger partial charge >= 0.3 is 0 Å². The molecule has 0 saturated carbocycles. The SMILES string of the molecule is CC(NS(=O)(=O)c1ccc(N)cc1F)c1ccccc1Br. The van der Waals surface area contributed by atoms with Gasteiger partial charge in [-0.05, 0) is 36.8 Å². The van der Waals surface area contributed by atoms with Crippen molar-refractivity contribution in [3.05, 3.63) is 58.3 Å². The van der Waals surface area contributed by atoms with Crippen LogP contribution in [-0.4, -0.2) is 8.42 Å². The summed E-state index contributed by atoms with van der Waals surface area (Å²) in [5, 5.41) is 0. The topological polar surface area (TPSA) is 72.2 Å². The van der Waals surface area contributed by atoms with Crippen LogP contribution in [-0.2, 0) is 10.0 Å². The van der Waals surface area contributed by atoms with Crippen molar-refractivity contribution in [1.82, 2.24) is 4.72 Å². The van der Waals surface area contributed by atoms with E-state index in [1.54, 1.807) is 19.1 Å². The monoisotopic (exact) mass is 372 g/mol. The predicted molar refractivity (Wildman–Crippen MR) is 83.7 cm³/mol. The Bertz CT molecular complexity index is 765. The minimum absolute atomic E-state index is 0.172. The molecule has 0 bridgehead atoms. The molecular weight excluding hydrogens is 359 g/mol. The zero-order valence-electron chi connectivity index (χ0n) is 11.2. The van der Waals surface area contributed by atoms with Gasteiger partial charge in [0.15, 0.2) is 0 Å². The van der Waals surface area contributed by atoms with E-state index in [4.69, 9.17) is 5.73 Å². The third kappa shape index (κ3) is 3.61. The third-order valence-electron chi connectivity index (χ3n) is 2.95. The van der Waals surface area contributed by atoms with Gasteiger partial charge in [0.05, 0.1) is 0 Å². The van der Waals surface area contributed by atoms with Gasteiger partial charge < -0.3 is 5.73 Å². The number of nitrogens with two attached hydrogens (primary N) is 1. The first-order valence-corrected chi connectivity index (χ1v) is 8.40. The van der Waals surface area contributed by atoms with Crippen molar-refractivity contribution in [2.24, 2.45) is 0 Å². The largest absolute Gasteiger partial charge is 0.399 e. The quantitative estimate of drug-likeness (QED) is 0.809. The summed E-state index contributed by atoms with van der Waals surface area (Å²) >= 11 is 3.36. The molecule has 2 aromatic rings. The molecule has 0 aliphatic heterocycles. The molecule has 112 valence electrons. The minimum Gasteiger partial charge on any atom is -0.399 e. The molecule has 2 rings (SSSR count). The molecule has 1 unspecified atom stereocenters. The van der Waals surface area contributed by atoms with Gasteiger partial charge in [-0.25, -0.2) is 17.5 Å². The number of anilines is 1. The van der Waals surface area contributed by atoms with Crippen LogP contribution >= 0.6 is 15.9 Å². The van der Waals surface area contributed by atoms with Crippen LogP contribution in [0.4, 0.5) is 10.1 Å². The first kappa shape index (κ1) is 15.9. The molecule has 1 atom stereocenters. The van der Waals surface area contributed by atoms with Crippen molar-refractivity contribution in [2.75, 3.05) is 5.73 Å². The van der Waals surface area contributed by atoms with E-state index in [0.717, 1.165) is 22.2 Å². The molecule has 0 spiro atoms. The summed E-state index contributed by atoms with van der Waals surface area (Å²) in [6.07, 6.45) is 0. The molecule has 0 fully saturated rings. The molecule has 7 heteroatoms. The van der Waals surface area contributed by atoms with E-state index in [1.807, 2.05) is 12.1 Å². The van der Waals surface area contributed by atoms with Gasteiger partial charge in [-0.3, -0.25) is 0 Å². The average Bonchev–Trinajstić information content (AvgIpc) is 2.37. The van der Waals surface area contributed by atoms with Crippen molar-refractivity contribution in [1.29, 1.82) is 0 Å². The number of nitrogen functional groups attached to an aromatic ring is 1. The summed E-state index contributed by atoms with van der Waals surface area (Å²) < 4.78 is 41.5. The molecule has 4 nitrogen and oxygen atoms in total. The first-order chi connectivity index (χ1) is 9.81. The number of nitrogens with one attached hydrogen (secondary N) is 1. The lowest BCUT2D eigenvalue weighted by Crippen LogP contribution is -2.27. The van der Waals surface area contributed by atoms with E-state index in [9.17, 15) is 12.8 Å². The number of halogens is 2. The van der Waals surface area contributed by atoms with E-state index in [1.165, 1.54) is 6.07 Å². The van der Waals surface area contributed by atoms with Crippen LogP contribution in [0, 0.1) is 5.82 Å². The van der Waals surface area contributed by atoms with E-state index in [0.29, 0.717) is 0 Å². The van der Waals surface area contributed by atoms with E-state index in [-0.39, 0.29) is 5.69 Å². The maximum Gasteiger partial charge on any atom is 0.244 e. The van der Waals surface area contributed by atoms with Gasteiger partial charge in [0, 0.05) is 16.2 Å². The van der Waals surface area contributed by atoms with Crippen LogP contribution in [0.2, 0.25) is 0 Å². The highest BCUT2D eigenvalue weighted by Gasteiger charge is 2.22. The van der Waals surface area contributed by atoms with E-state index in [2.05, 4.69) is 20.7 Å². The highest BCUT2D eigenvalue weighted by Crippen LogP contribution is 2.25. The summed E-state index contributed by atoms with van der Waals surface area (Å²) in [7, 11) is -3.97. The Hall–Kier alpha value is -1.44. The van der Waals surface area contributed by atoms with Gasteiger partial charge in [0.25, 0.3) is 0 Å². The van der Waals surface area contributed by atoms with Crippen molar-refractivity contribution < 1.29 is 12.8 Å². The first-order valence-electron chi connectivity index (χ1n) is 6.13. The lowest BCUT2D eigenvalue weighted by Gasteiger charge is -2.16. The van der Waals surface area contributed by atoms with Gasteiger partial charge in [0.2, 0.25) is 10.0 Å². The number of benzene rings is 2. The smallest absolute Gasteiger partial charge is 0.244 e. The van der Waals surface area contributed by atoms with Gasteiger partial charge in [-0.2, -0.15) is 0 Å². The van der Waals surface area contributed by atoms with Gasteiger partial charge in [-0.15, -0.1) is 0 Å². The molecule has 0 saturated heterocycles. The zero-order valence-corrected chi connectivity index (χ0v) is 13.6. The van der Waals surface area contributed by atoms with Crippen molar-refractivity contribution in [3.8, 4) is 0 Å². The molecule has 0 heterocycles. The minimum atomic E-state index is -3.97. The van der Waals surface area contributed by atoms with Crippen LogP contribution < -0.4 is 10.5 Å². The number of rotatable bonds is 4. The Labute approximate surface area is 131 Å². The molecule has 0 aliphatic carbocycles. The lowest BCUT2D eigenvalue weighted by atomic mass is 10.1. The van der Waals surface area contributed by atoms with Crippen molar-refractivity contribution in [3.63, 3.8) is 0 Å². The van der Waals surface area contributed by atoms with Crippen LogP contribution in [0.3, 0.4) is 0 Å². The van der Waals surface area contributed by atoms with Crippen LogP contribution in [0.15, 0.2) is 51.8 Å². The second-order valence-electron chi connectivity index (χ2n) is 4.55. The Morgan fingerprint density at radius 2 is 1.90 bits per heavy atom. The molecule has 0 aromatic heterocycles. The van der Waals surface area contributed by atoms with Crippen LogP contribution in [0.5, 0.6) is 0 Å². The number of hydrogen-bond donors (Lipinski definition) is 2. The fourth-order valence-corrected chi connectivity index (χ4v) is 3.83. The van der Waals surface area contributed by atoms with Crippen molar-refractivity contribution >= 4 is 31.6 Å². The van der Waals surface area contributed by atoms with Crippen LogP contribution in [0.1, 0.15) is 18.5 Å². The van der Waals surface area contributed by atoms with E-state index < -0.39 is 26.8 Å². The zero-order chi connectivity index (χ0) is 15.6. The fraction of sp³-hybridized carbons (Fsp3) is 0.143. The lowest BCUT2D eigenvalue weighted by molar-refractivity contribution is 0.547. The summed E-state index contributed by atoms with van der Waals surface area (Å²) in [6, 6.07) is 10.2. The average molecular weight is 373 g/mol. The normalized spacial score (nSPS) is 13.1. The maximum atomic E-state index is 13.8. The van der Waals surface area contributed by atoms with E-state index >= 15 is 0 Å². The molecule has 2 aromatic carbocycles. The molecule has 0 aliphatic rings. The molecule has 0 radical (unpaired) electrons. The van der Waals surface area contributed by atoms with Gasteiger partial charge in [-0.1, -0.05) is 34.1 Å². The fourth-order valence-electron chi connectivity index (χ4n) is 1.92. The van der Waals surface area contributed by atoms with Gasteiger partial charge in [0.1, 0.15) is 10.7 Å². The maximum absolute atomic E-state index is 13.8. The summed E-state index contributed by atoms with van der Waals surface area (Å²) in [6.45, 7) is 1.69.